The smallest absolute Gasteiger partial charge is 0.338 e. The monoisotopic (exact) mass is 312 g/mol. The number of carbonyl (C=O) groups excluding carboxylic acids is 1. The summed E-state index contributed by atoms with van der Waals surface area (Å²) in [5.74, 6) is -0.581. The maximum absolute atomic E-state index is 12.0. The van der Waals surface area contributed by atoms with E-state index >= 15 is 0 Å². The molecule has 6 heteroatoms. The van der Waals surface area contributed by atoms with Crippen LogP contribution >= 0.6 is 0 Å². The number of esters is 1. The Morgan fingerprint density at radius 1 is 1.24 bits per heavy atom. The van der Waals surface area contributed by atoms with Gasteiger partial charge in [-0.3, -0.25) is 0 Å². The average Bonchev–Trinajstić information content (AvgIpc) is 2.47. The molecule has 0 saturated heterocycles. The number of benzene rings is 1. The first-order valence-corrected chi connectivity index (χ1v) is 8.09. The van der Waals surface area contributed by atoms with Gasteiger partial charge in [0.05, 0.1) is 12.7 Å². The molecule has 5 nitrogen and oxygen atoms in total. The van der Waals surface area contributed by atoms with Gasteiger partial charge in [0.1, 0.15) is 11.2 Å². The molecule has 0 unspecified atom stereocenters. The molecular formula is C15H20O5S. The number of methoxy groups -OCH3 is 1. The summed E-state index contributed by atoms with van der Waals surface area (Å²) in [7, 11) is -2.68. The first kappa shape index (κ1) is 17.2. The molecule has 0 fully saturated rings. The van der Waals surface area contributed by atoms with Crippen molar-refractivity contribution in [1.29, 1.82) is 0 Å². The Kier molecular flexibility index (Phi) is 6.42. The predicted octanol–water partition coefficient (Wildman–Crippen LogP) is 2.95. The van der Waals surface area contributed by atoms with E-state index in [1.54, 1.807) is 12.1 Å². The highest BCUT2D eigenvalue weighted by Crippen LogP contribution is 2.16. The van der Waals surface area contributed by atoms with Crippen molar-refractivity contribution in [3.05, 3.63) is 41.7 Å². The van der Waals surface area contributed by atoms with Crippen molar-refractivity contribution in [2.75, 3.05) is 7.11 Å². The van der Waals surface area contributed by atoms with Crippen molar-refractivity contribution < 1.29 is 22.1 Å². The van der Waals surface area contributed by atoms with Crippen LogP contribution in [-0.2, 0) is 23.8 Å². The van der Waals surface area contributed by atoms with Crippen molar-refractivity contribution in [1.82, 2.24) is 0 Å². The Morgan fingerprint density at radius 3 is 2.38 bits per heavy atom. The Morgan fingerprint density at radius 2 is 1.86 bits per heavy atom. The topological polar surface area (TPSA) is 69.7 Å². The molecule has 1 aromatic carbocycles. The zero-order valence-corrected chi connectivity index (χ0v) is 13.3. The third-order valence-electron chi connectivity index (χ3n) is 2.87. The summed E-state index contributed by atoms with van der Waals surface area (Å²) in [5, 5.41) is 0. The normalized spacial score (nSPS) is 12.0. The molecule has 0 amide bonds. The maximum atomic E-state index is 12.0. The van der Waals surface area contributed by atoms with Crippen LogP contribution in [0.2, 0.25) is 0 Å². The minimum Gasteiger partial charge on any atom is -0.466 e. The highest BCUT2D eigenvalue weighted by atomic mass is 32.2. The quantitative estimate of drug-likeness (QED) is 0.335. The second kappa shape index (κ2) is 7.83. The van der Waals surface area contributed by atoms with E-state index in [1.807, 2.05) is 13.8 Å². The van der Waals surface area contributed by atoms with Gasteiger partial charge in [0.15, 0.2) is 0 Å². The van der Waals surface area contributed by atoms with Gasteiger partial charge in [0.2, 0.25) is 0 Å². The van der Waals surface area contributed by atoms with Gasteiger partial charge in [-0.05, 0) is 31.9 Å². The highest BCUT2D eigenvalue weighted by Gasteiger charge is 2.16. The fourth-order valence-corrected chi connectivity index (χ4v) is 2.41. The van der Waals surface area contributed by atoms with E-state index in [2.05, 4.69) is 4.74 Å². The van der Waals surface area contributed by atoms with Gasteiger partial charge in [-0.25, -0.2) is 4.79 Å². The summed E-state index contributed by atoms with van der Waals surface area (Å²) in [6, 6.07) is 6.28. The van der Waals surface area contributed by atoms with Gasteiger partial charge in [-0.2, -0.15) is 8.42 Å². The molecule has 0 atom stereocenters. The Bertz CT molecular complexity index is 599. The largest absolute Gasteiger partial charge is 0.466 e. The lowest BCUT2D eigenvalue weighted by atomic mass is 10.1. The fourth-order valence-electron chi connectivity index (χ4n) is 1.59. The van der Waals surface area contributed by atoms with Crippen LogP contribution < -0.4 is 0 Å². The number of hydrogen-bond acceptors (Lipinski definition) is 5. The van der Waals surface area contributed by atoms with E-state index < -0.39 is 16.1 Å². The minimum atomic E-state index is -3.92. The molecule has 1 rings (SSSR count). The van der Waals surface area contributed by atoms with Crippen molar-refractivity contribution in [2.24, 2.45) is 0 Å². The lowest BCUT2D eigenvalue weighted by molar-refractivity contribution is -0.136. The van der Waals surface area contributed by atoms with Crippen LogP contribution in [0.5, 0.6) is 0 Å². The first-order chi connectivity index (χ1) is 9.90. The van der Waals surface area contributed by atoms with Crippen molar-refractivity contribution in [3.63, 3.8) is 0 Å². The van der Waals surface area contributed by atoms with Gasteiger partial charge in [0, 0.05) is 0 Å². The molecule has 0 N–H and O–H groups in total. The Hall–Kier alpha value is -1.82. The van der Waals surface area contributed by atoms with Gasteiger partial charge in [-0.15, -0.1) is 0 Å². The third kappa shape index (κ3) is 5.23. The average molecular weight is 312 g/mol. The third-order valence-corrected chi connectivity index (χ3v) is 4.07. The molecule has 21 heavy (non-hydrogen) atoms. The van der Waals surface area contributed by atoms with Gasteiger partial charge in [-0.1, -0.05) is 31.0 Å². The predicted molar refractivity (Wildman–Crippen MR) is 79.1 cm³/mol. The minimum absolute atomic E-state index is 0.0454. The van der Waals surface area contributed by atoms with Crippen LogP contribution in [0.3, 0.4) is 0 Å². The van der Waals surface area contributed by atoms with Crippen LogP contribution in [0.4, 0.5) is 0 Å². The number of hydrogen-bond donors (Lipinski definition) is 0. The Labute approximate surface area is 125 Å². The van der Waals surface area contributed by atoms with E-state index in [0.717, 1.165) is 24.7 Å². The fraction of sp³-hybridized carbons (Fsp3) is 0.400. The molecule has 0 aliphatic rings. The zero-order valence-electron chi connectivity index (χ0n) is 12.5. The zero-order chi connectivity index (χ0) is 15.9. The number of unbranched alkanes of at least 4 members (excludes halogenated alkanes) is 1. The molecule has 0 radical (unpaired) electrons. The standard InChI is InChI=1S/C15H20O5S/c1-4-5-6-13(15(16)19-3)11-20-21(17,18)14-9-7-12(2)8-10-14/h7-11H,4-6H2,1-3H3/b13-11-. The molecule has 1 aromatic rings. The molecule has 0 saturated carbocycles. The molecular weight excluding hydrogens is 292 g/mol. The summed E-state index contributed by atoms with van der Waals surface area (Å²) in [5.41, 5.74) is 1.15. The summed E-state index contributed by atoms with van der Waals surface area (Å²) in [4.78, 5) is 11.6. The molecule has 0 aliphatic carbocycles. The lowest BCUT2D eigenvalue weighted by Crippen LogP contribution is -2.08. The van der Waals surface area contributed by atoms with Crippen LogP contribution in [0, 0.1) is 6.92 Å². The van der Waals surface area contributed by atoms with Gasteiger partial charge < -0.3 is 8.92 Å². The SMILES string of the molecule is CCCC/C(=C/OS(=O)(=O)c1ccc(C)cc1)C(=O)OC. The van der Waals surface area contributed by atoms with Gasteiger partial charge >= 0.3 is 16.1 Å². The van der Waals surface area contributed by atoms with Crippen LogP contribution in [-0.4, -0.2) is 21.5 Å². The van der Waals surface area contributed by atoms with Crippen LogP contribution in [0.25, 0.3) is 0 Å². The summed E-state index contributed by atoms with van der Waals surface area (Å²) >= 11 is 0. The van der Waals surface area contributed by atoms with E-state index in [-0.39, 0.29) is 10.5 Å². The molecule has 0 bridgehead atoms. The van der Waals surface area contributed by atoms with Gasteiger partial charge in [0.25, 0.3) is 0 Å². The second-order valence-corrected chi connectivity index (χ2v) is 6.17. The van der Waals surface area contributed by atoms with Crippen molar-refractivity contribution >= 4 is 16.1 Å². The van der Waals surface area contributed by atoms with Crippen LogP contribution in [0.15, 0.2) is 41.0 Å². The number of ether oxygens (including phenoxy) is 1. The Balaban J connectivity index is 2.92. The number of carbonyl (C=O) groups is 1. The van der Waals surface area contributed by atoms with E-state index in [1.165, 1.54) is 19.2 Å². The van der Waals surface area contributed by atoms with E-state index in [9.17, 15) is 13.2 Å². The molecule has 116 valence electrons. The van der Waals surface area contributed by atoms with Crippen molar-refractivity contribution in [2.45, 2.75) is 38.0 Å². The summed E-state index contributed by atoms with van der Waals surface area (Å²) in [6.07, 6.45) is 3.00. The van der Waals surface area contributed by atoms with E-state index in [4.69, 9.17) is 4.18 Å². The summed E-state index contributed by atoms with van der Waals surface area (Å²) in [6.45, 7) is 3.83. The molecule has 0 aromatic heterocycles. The molecule has 0 spiro atoms. The molecule has 0 heterocycles. The first-order valence-electron chi connectivity index (χ1n) is 6.68. The second-order valence-electron chi connectivity index (χ2n) is 4.60. The van der Waals surface area contributed by atoms with E-state index in [0.29, 0.717) is 6.42 Å². The molecule has 0 aliphatic heterocycles. The van der Waals surface area contributed by atoms with Crippen LogP contribution in [0.1, 0.15) is 31.7 Å². The summed E-state index contributed by atoms with van der Waals surface area (Å²) < 4.78 is 33.5. The van der Waals surface area contributed by atoms with Crippen molar-refractivity contribution in [3.8, 4) is 0 Å². The maximum Gasteiger partial charge on any atom is 0.338 e. The lowest BCUT2D eigenvalue weighted by Gasteiger charge is -2.07. The highest BCUT2D eigenvalue weighted by molar-refractivity contribution is 7.86. The number of aryl methyl sites for hydroxylation is 1. The number of rotatable bonds is 7.